The minimum atomic E-state index is -0.0938. The van der Waals surface area contributed by atoms with Gasteiger partial charge in [0.1, 0.15) is 6.10 Å². The standard InChI is InChI=1S/C5H9NO2/c6-3-5-4-7-1-2-8-5/h3,5-6H,1-2,4H2. The Balaban J connectivity index is 2.22. The van der Waals surface area contributed by atoms with Crippen molar-refractivity contribution in [3.63, 3.8) is 0 Å². The second kappa shape index (κ2) is 2.79. The third-order valence-electron chi connectivity index (χ3n) is 1.03. The Hall–Kier alpha value is -0.410. The molecule has 1 unspecified atom stereocenters. The van der Waals surface area contributed by atoms with E-state index in [1.165, 1.54) is 6.21 Å². The highest BCUT2D eigenvalue weighted by Gasteiger charge is 2.09. The molecule has 0 bridgehead atoms. The van der Waals surface area contributed by atoms with Gasteiger partial charge in [0.15, 0.2) is 0 Å². The summed E-state index contributed by atoms with van der Waals surface area (Å²) in [5, 5.41) is 6.77. The van der Waals surface area contributed by atoms with Crippen molar-refractivity contribution in [1.29, 1.82) is 5.41 Å². The van der Waals surface area contributed by atoms with E-state index in [4.69, 9.17) is 14.9 Å². The van der Waals surface area contributed by atoms with Gasteiger partial charge in [0.2, 0.25) is 0 Å². The third kappa shape index (κ3) is 1.28. The van der Waals surface area contributed by atoms with Gasteiger partial charge in [-0.05, 0) is 0 Å². The van der Waals surface area contributed by atoms with Gasteiger partial charge < -0.3 is 14.9 Å². The number of rotatable bonds is 1. The molecule has 1 fully saturated rings. The van der Waals surface area contributed by atoms with Crippen LogP contribution in [0, 0.1) is 5.41 Å². The maximum atomic E-state index is 6.77. The molecule has 3 nitrogen and oxygen atoms in total. The van der Waals surface area contributed by atoms with Gasteiger partial charge in [-0.2, -0.15) is 0 Å². The van der Waals surface area contributed by atoms with Crippen molar-refractivity contribution in [3.05, 3.63) is 0 Å². The molecule has 0 spiro atoms. The lowest BCUT2D eigenvalue weighted by Crippen LogP contribution is -2.29. The number of hydrogen-bond donors (Lipinski definition) is 1. The van der Waals surface area contributed by atoms with E-state index in [1.54, 1.807) is 0 Å². The Morgan fingerprint density at radius 3 is 2.75 bits per heavy atom. The lowest BCUT2D eigenvalue weighted by Gasteiger charge is -2.18. The van der Waals surface area contributed by atoms with E-state index in [0.717, 1.165) is 0 Å². The summed E-state index contributed by atoms with van der Waals surface area (Å²) in [5.74, 6) is 0. The SMILES string of the molecule is N=CC1COCCO1. The fourth-order valence-corrected chi connectivity index (χ4v) is 0.602. The van der Waals surface area contributed by atoms with E-state index < -0.39 is 0 Å². The van der Waals surface area contributed by atoms with E-state index in [0.29, 0.717) is 19.8 Å². The molecule has 1 atom stereocenters. The summed E-state index contributed by atoms with van der Waals surface area (Å²) in [6.07, 6.45) is 1.17. The Kier molecular flexibility index (Phi) is 2.00. The van der Waals surface area contributed by atoms with Gasteiger partial charge in [-0.25, -0.2) is 0 Å². The molecule has 0 radical (unpaired) electrons. The van der Waals surface area contributed by atoms with E-state index in [1.807, 2.05) is 0 Å². The highest BCUT2D eigenvalue weighted by atomic mass is 16.6. The first-order chi connectivity index (χ1) is 3.93. The molecular formula is C5H9NO2. The maximum Gasteiger partial charge on any atom is 0.115 e. The zero-order chi connectivity index (χ0) is 5.82. The molecule has 46 valence electrons. The highest BCUT2D eigenvalue weighted by molar-refractivity contribution is 5.59. The maximum absolute atomic E-state index is 6.77. The summed E-state index contributed by atoms with van der Waals surface area (Å²) in [4.78, 5) is 0. The lowest BCUT2D eigenvalue weighted by atomic mass is 10.4. The molecular weight excluding hydrogens is 106 g/mol. The average molecular weight is 115 g/mol. The smallest absolute Gasteiger partial charge is 0.115 e. The van der Waals surface area contributed by atoms with Gasteiger partial charge in [-0.3, -0.25) is 0 Å². The largest absolute Gasteiger partial charge is 0.376 e. The van der Waals surface area contributed by atoms with Crippen LogP contribution in [0.3, 0.4) is 0 Å². The van der Waals surface area contributed by atoms with E-state index in [2.05, 4.69) is 0 Å². The molecule has 0 amide bonds. The molecule has 1 saturated heterocycles. The zero-order valence-corrected chi connectivity index (χ0v) is 4.59. The van der Waals surface area contributed by atoms with Crippen molar-refractivity contribution in [1.82, 2.24) is 0 Å². The monoisotopic (exact) mass is 115 g/mol. The second-order valence-corrected chi connectivity index (χ2v) is 1.65. The molecule has 3 heteroatoms. The summed E-state index contributed by atoms with van der Waals surface area (Å²) in [5.41, 5.74) is 0. The third-order valence-corrected chi connectivity index (χ3v) is 1.03. The summed E-state index contributed by atoms with van der Waals surface area (Å²) < 4.78 is 10.1. The molecule has 0 aromatic heterocycles. The summed E-state index contributed by atoms with van der Waals surface area (Å²) in [6.45, 7) is 1.84. The molecule has 1 aliphatic heterocycles. The quantitative estimate of drug-likeness (QED) is 0.491. The molecule has 0 aromatic carbocycles. The first-order valence-electron chi connectivity index (χ1n) is 2.63. The zero-order valence-electron chi connectivity index (χ0n) is 4.59. The normalized spacial score (nSPS) is 29.8. The van der Waals surface area contributed by atoms with E-state index in [-0.39, 0.29) is 6.10 Å². The van der Waals surface area contributed by atoms with Crippen LogP contribution in [0.2, 0.25) is 0 Å². The Bertz CT molecular complexity index is 78.5. The van der Waals surface area contributed by atoms with E-state index >= 15 is 0 Å². The average Bonchev–Trinajstić information content (AvgIpc) is 1.90. The van der Waals surface area contributed by atoms with Crippen LogP contribution in [-0.2, 0) is 9.47 Å². The molecule has 0 aliphatic carbocycles. The van der Waals surface area contributed by atoms with Gasteiger partial charge in [-0.15, -0.1) is 0 Å². The fourth-order valence-electron chi connectivity index (χ4n) is 0.602. The first-order valence-corrected chi connectivity index (χ1v) is 2.63. The van der Waals surface area contributed by atoms with Crippen LogP contribution >= 0.6 is 0 Å². The van der Waals surface area contributed by atoms with Gasteiger partial charge in [0.05, 0.1) is 19.8 Å². The first kappa shape index (κ1) is 5.72. The van der Waals surface area contributed by atoms with Gasteiger partial charge in [0.25, 0.3) is 0 Å². The molecule has 1 heterocycles. The van der Waals surface area contributed by atoms with Gasteiger partial charge >= 0.3 is 0 Å². The minimum Gasteiger partial charge on any atom is -0.376 e. The number of ether oxygens (including phenoxy) is 2. The molecule has 0 saturated carbocycles. The van der Waals surface area contributed by atoms with Crippen molar-refractivity contribution in [2.75, 3.05) is 19.8 Å². The van der Waals surface area contributed by atoms with Crippen LogP contribution in [-0.4, -0.2) is 32.1 Å². The van der Waals surface area contributed by atoms with Crippen LogP contribution in [0.25, 0.3) is 0 Å². The van der Waals surface area contributed by atoms with E-state index in [9.17, 15) is 0 Å². The van der Waals surface area contributed by atoms with Crippen LogP contribution in [0.4, 0.5) is 0 Å². The Morgan fingerprint density at radius 2 is 2.38 bits per heavy atom. The molecule has 1 rings (SSSR count). The minimum absolute atomic E-state index is 0.0938. The summed E-state index contributed by atoms with van der Waals surface area (Å²) in [7, 11) is 0. The Morgan fingerprint density at radius 1 is 1.50 bits per heavy atom. The van der Waals surface area contributed by atoms with Crippen molar-refractivity contribution >= 4 is 6.21 Å². The molecule has 0 aromatic rings. The molecule has 1 N–H and O–H groups in total. The van der Waals surface area contributed by atoms with Crippen LogP contribution in [0.1, 0.15) is 0 Å². The highest BCUT2D eigenvalue weighted by Crippen LogP contribution is 1.95. The summed E-state index contributed by atoms with van der Waals surface area (Å²) in [6, 6.07) is 0. The van der Waals surface area contributed by atoms with Crippen molar-refractivity contribution < 1.29 is 9.47 Å². The van der Waals surface area contributed by atoms with Gasteiger partial charge in [0, 0.05) is 6.21 Å². The number of nitrogens with one attached hydrogen (secondary N) is 1. The fraction of sp³-hybridized carbons (Fsp3) is 0.800. The lowest BCUT2D eigenvalue weighted by molar-refractivity contribution is -0.0576. The van der Waals surface area contributed by atoms with Crippen molar-refractivity contribution in [3.8, 4) is 0 Å². The van der Waals surface area contributed by atoms with Crippen molar-refractivity contribution in [2.24, 2.45) is 0 Å². The van der Waals surface area contributed by atoms with Crippen LogP contribution < -0.4 is 0 Å². The predicted molar refractivity (Wildman–Crippen MR) is 29.3 cm³/mol. The van der Waals surface area contributed by atoms with Crippen molar-refractivity contribution in [2.45, 2.75) is 6.10 Å². The Labute approximate surface area is 48.1 Å². The van der Waals surface area contributed by atoms with Crippen LogP contribution in [0.5, 0.6) is 0 Å². The topological polar surface area (TPSA) is 42.3 Å². The predicted octanol–water partition coefficient (Wildman–Crippen LogP) is 0.0514. The van der Waals surface area contributed by atoms with Crippen LogP contribution in [0.15, 0.2) is 0 Å². The molecule has 1 aliphatic rings. The van der Waals surface area contributed by atoms with Gasteiger partial charge in [-0.1, -0.05) is 0 Å². The molecule has 8 heavy (non-hydrogen) atoms. The summed E-state index contributed by atoms with van der Waals surface area (Å²) >= 11 is 0. The number of hydrogen-bond acceptors (Lipinski definition) is 3. The second-order valence-electron chi connectivity index (χ2n) is 1.65.